The van der Waals surface area contributed by atoms with Gasteiger partial charge in [0.05, 0.1) is 11.5 Å². The molecule has 0 bridgehead atoms. The van der Waals surface area contributed by atoms with Gasteiger partial charge in [0.2, 0.25) is 5.95 Å². The molecule has 3 aliphatic rings. The van der Waals surface area contributed by atoms with Crippen LogP contribution in [0.3, 0.4) is 0 Å². The highest BCUT2D eigenvalue weighted by molar-refractivity contribution is 6.31. The molecule has 2 N–H and O–H groups in total. The second-order valence-electron chi connectivity index (χ2n) is 12.0. The predicted octanol–water partition coefficient (Wildman–Crippen LogP) is 5.63. The Morgan fingerprint density at radius 3 is 2.57 bits per heavy atom. The summed E-state index contributed by atoms with van der Waals surface area (Å²) in [5.74, 6) is 2.32. The quantitative estimate of drug-likeness (QED) is 0.484. The van der Waals surface area contributed by atoms with Crippen molar-refractivity contribution in [3.05, 3.63) is 45.6 Å². The molecular weight excluding hydrogens is 486 g/mol. The SMILES string of the molecule is Cc1ccc(C(C)Nc2nc(N3CC(C4CCCN(C5CC(C)(C(=O)O)C5)C4)C3)nc(C)c2C)c(Cl)c1. The van der Waals surface area contributed by atoms with E-state index in [1.807, 2.05) is 19.9 Å². The Labute approximate surface area is 225 Å². The summed E-state index contributed by atoms with van der Waals surface area (Å²) >= 11 is 6.52. The highest BCUT2D eigenvalue weighted by Crippen LogP contribution is 2.45. The molecule has 3 heterocycles. The second-order valence-corrected chi connectivity index (χ2v) is 12.4. The lowest BCUT2D eigenvalue weighted by atomic mass is 9.65. The average molecular weight is 526 g/mol. The van der Waals surface area contributed by atoms with Crippen LogP contribution in [0, 0.1) is 38.0 Å². The predicted molar refractivity (Wildman–Crippen MR) is 148 cm³/mol. The minimum Gasteiger partial charge on any atom is -0.481 e. The number of halogens is 1. The molecule has 2 saturated heterocycles. The minimum absolute atomic E-state index is 0.0285. The number of anilines is 2. The van der Waals surface area contributed by atoms with Crippen molar-refractivity contribution in [1.29, 1.82) is 0 Å². The maximum Gasteiger partial charge on any atom is 0.309 e. The Morgan fingerprint density at radius 1 is 1.16 bits per heavy atom. The fraction of sp³-hybridized carbons (Fsp3) is 0.621. The van der Waals surface area contributed by atoms with Crippen molar-refractivity contribution in [2.75, 3.05) is 36.4 Å². The number of aryl methyl sites for hydroxylation is 2. The van der Waals surface area contributed by atoms with Gasteiger partial charge >= 0.3 is 5.97 Å². The Bertz CT molecular complexity index is 1180. The molecule has 1 aromatic heterocycles. The van der Waals surface area contributed by atoms with Crippen LogP contribution in [-0.2, 0) is 4.79 Å². The minimum atomic E-state index is -0.648. The van der Waals surface area contributed by atoms with Crippen LogP contribution in [0.4, 0.5) is 11.8 Å². The van der Waals surface area contributed by atoms with Crippen molar-refractivity contribution in [1.82, 2.24) is 14.9 Å². The number of carbonyl (C=O) groups is 1. The first-order valence-corrected chi connectivity index (χ1v) is 14.0. The topological polar surface area (TPSA) is 81.6 Å². The van der Waals surface area contributed by atoms with Gasteiger partial charge in [0.25, 0.3) is 0 Å². The van der Waals surface area contributed by atoms with Crippen LogP contribution in [0.2, 0.25) is 5.02 Å². The Hall–Kier alpha value is -2.38. The summed E-state index contributed by atoms with van der Waals surface area (Å²) in [6, 6.07) is 6.63. The van der Waals surface area contributed by atoms with Gasteiger partial charge in [-0.15, -0.1) is 0 Å². The zero-order valence-electron chi connectivity index (χ0n) is 22.7. The number of piperidine rings is 1. The first-order valence-electron chi connectivity index (χ1n) is 13.6. The van der Waals surface area contributed by atoms with E-state index in [0.717, 1.165) is 78.2 Å². The van der Waals surface area contributed by atoms with Crippen LogP contribution in [0.15, 0.2) is 18.2 Å². The molecule has 2 unspecified atom stereocenters. The molecule has 2 atom stereocenters. The van der Waals surface area contributed by atoms with Crippen LogP contribution in [0.5, 0.6) is 0 Å². The van der Waals surface area contributed by atoms with Gasteiger partial charge in [0.1, 0.15) is 5.82 Å². The van der Waals surface area contributed by atoms with Gasteiger partial charge in [-0.1, -0.05) is 23.7 Å². The molecule has 2 aliphatic heterocycles. The number of likely N-dealkylation sites (tertiary alicyclic amines) is 1. The van der Waals surface area contributed by atoms with E-state index in [-0.39, 0.29) is 6.04 Å². The molecule has 1 aliphatic carbocycles. The normalized spacial score (nSPS) is 27.4. The fourth-order valence-electron chi connectivity index (χ4n) is 6.31. The summed E-state index contributed by atoms with van der Waals surface area (Å²) in [5.41, 5.74) is 3.74. The van der Waals surface area contributed by atoms with Crippen molar-refractivity contribution in [3.63, 3.8) is 0 Å². The lowest BCUT2D eigenvalue weighted by molar-refractivity contribution is -0.158. The first-order chi connectivity index (χ1) is 17.5. The summed E-state index contributed by atoms with van der Waals surface area (Å²) < 4.78 is 0. The molecule has 1 aromatic carbocycles. The molecular formula is C29H40ClN5O2. The third kappa shape index (κ3) is 5.17. The van der Waals surface area contributed by atoms with Crippen molar-refractivity contribution >= 4 is 29.3 Å². The van der Waals surface area contributed by atoms with Crippen LogP contribution in [0.25, 0.3) is 0 Å². The van der Waals surface area contributed by atoms with Crippen LogP contribution in [-0.4, -0.2) is 58.2 Å². The number of aromatic nitrogens is 2. The third-order valence-corrected chi connectivity index (χ3v) is 9.43. The largest absolute Gasteiger partial charge is 0.481 e. The van der Waals surface area contributed by atoms with Crippen LogP contribution >= 0.6 is 11.6 Å². The monoisotopic (exact) mass is 525 g/mol. The zero-order valence-corrected chi connectivity index (χ0v) is 23.5. The third-order valence-electron chi connectivity index (χ3n) is 9.11. The Kier molecular flexibility index (Phi) is 7.14. The summed E-state index contributed by atoms with van der Waals surface area (Å²) in [5, 5.41) is 13.8. The maximum atomic E-state index is 11.5. The van der Waals surface area contributed by atoms with E-state index in [2.05, 4.69) is 48.0 Å². The molecule has 37 heavy (non-hydrogen) atoms. The molecule has 1 saturated carbocycles. The number of aliphatic carboxylic acids is 1. The first kappa shape index (κ1) is 26.2. The number of nitrogens with zero attached hydrogens (tertiary/aromatic N) is 4. The van der Waals surface area contributed by atoms with Gasteiger partial charge in [0.15, 0.2) is 0 Å². The lowest BCUT2D eigenvalue weighted by Crippen LogP contribution is -2.58. The van der Waals surface area contributed by atoms with E-state index in [9.17, 15) is 9.90 Å². The molecule has 8 heteroatoms. The average Bonchev–Trinajstić information content (AvgIpc) is 2.79. The molecule has 7 nitrogen and oxygen atoms in total. The van der Waals surface area contributed by atoms with Gasteiger partial charge < -0.3 is 20.2 Å². The number of carboxylic acids is 1. The van der Waals surface area contributed by atoms with E-state index < -0.39 is 11.4 Å². The molecule has 2 aromatic rings. The smallest absolute Gasteiger partial charge is 0.309 e. The van der Waals surface area contributed by atoms with Gasteiger partial charge in [0, 0.05) is 42.0 Å². The highest BCUT2D eigenvalue weighted by Gasteiger charge is 2.49. The standard InChI is InChI=1S/C29H40ClN5O2/c1-17-8-9-24(25(30)11-17)20(4)31-26-18(2)19(3)32-28(33-26)35-15-22(16-35)21-7-6-10-34(14-21)23-12-29(5,13-23)27(36)37/h8-9,11,20-23H,6-7,10,12-16H2,1-5H3,(H,36,37)(H,31,32,33). The van der Waals surface area contributed by atoms with E-state index in [1.54, 1.807) is 0 Å². The van der Waals surface area contributed by atoms with Gasteiger partial charge in [-0.3, -0.25) is 4.79 Å². The van der Waals surface area contributed by atoms with E-state index >= 15 is 0 Å². The summed E-state index contributed by atoms with van der Waals surface area (Å²) in [6.07, 6.45) is 4.02. The summed E-state index contributed by atoms with van der Waals surface area (Å²) in [4.78, 5) is 26.1. The molecule has 0 radical (unpaired) electrons. The van der Waals surface area contributed by atoms with E-state index in [1.165, 1.54) is 12.8 Å². The lowest BCUT2D eigenvalue weighted by Gasteiger charge is -2.52. The number of nitrogens with one attached hydrogen (secondary N) is 1. The molecule has 0 spiro atoms. The van der Waals surface area contributed by atoms with Crippen molar-refractivity contribution in [2.45, 2.75) is 72.4 Å². The molecule has 3 fully saturated rings. The van der Waals surface area contributed by atoms with Crippen LogP contribution in [0.1, 0.15) is 68.0 Å². The molecule has 0 amide bonds. The Morgan fingerprint density at radius 2 is 1.89 bits per heavy atom. The van der Waals surface area contributed by atoms with Crippen molar-refractivity contribution in [3.8, 4) is 0 Å². The Balaban J connectivity index is 1.20. The number of carboxylic acid groups (broad SMARTS) is 1. The fourth-order valence-corrected chi connectivity index (χ4v) is 6.70. The zero-order chi connectivity index (χ0) is 26.5. The molecule has 5 rings (SSSR count). The number of hydrogen-bond donors (Lipinski definition) is 2. The summed E-state index contributed by atoms with van der Waals surface area (Å²) in [7, 11) is 0. The number of rotatable bonds is 7. The van der Waals surface area contributed by atoms with Crippen molar-refractivity contribution < 1.29 is 9.90 Å². The highest BCUT2D eigenvalue weighted by atomic mass is 35.5. The number of benzene rings is 1. The maximum absolute atomic E-state index is 11.5. The van der Waals surface area contributed by atoms with Crippen LogP contribution < -0.4 is 10.2 Å². The van der Waals surface area contributed by atoms with Gasteiger partial charge in [-0.05, 0) is 95.9 Å². The number of hydrogen-bond acceptors (Lipinski definition) is 6. The van der Waals surface area contributed by atoms with Gasteiger partial charge in [-0.25, -0.2) is 4.98 Å². The summed E-state index contributed by atoms with van der Waals surface area (Å²) in [6.45, 7) is 14.3. The second kappa shape index (κ2) is 10.1. The van der Waals surface area contributed by atoms with E-state index in [4.69, 9.17) is 21.6 Å². The molecule has 200 valence electrons. The van der Waals surface area contributed by atoms with E-state index in [0.29, 0.717) is 17.9 Å². The van der Waals surface area contributed by atoms with Gasteiger partial charge in [-0.2, -0.15) is 4.98 Å². The van der Waals surface area contributed by atoms with Crippen molar-refractivity contribution in [2.24, 2.45) is 17.3 Å².